The lowest BCUT2D eigenvalue weighted by Gasteiger charge is -2.29. The van der Waals surface area contributed by atoms with Crippen molar-refractivity contribution in [2.24, 2.45) is 33.7 Å². The van der Waals surface area contributed by atoms with Crippen molar-refractivity contribution in [1.29, 1.82) is 0 Å². The fourth-order valence-corrected chi connectivity index (χ4v) is 8.25. The van der Waals surface area contributed by atoms with E-state index in [4.69, 9.17) is 38.9 Å². The van der Waals surface area contributed by atoms with Gasteiger partial charge in [-0.15, -0.1) is 0 Å². The normalized spacial score (nSPS) is 15.8. The topological polar surface area (TPSA) is 478 Å². The number of carbonyl (C=O) groups is 10. The first-order valence-corrected chi connectivity index (χ1v) is 25.3. The van der Waals surface area contributed by atoms with Crippen molar-refractivity contribution in [3.8, 4) is 0 Å². The zero-order valence-corrected chi connectivity index (χ0v) is 42.5. The summed E-state index contributed by atoms with van der Waals surface area (Å²) in [5.41, 5.74) is 29.5. The highest BCUT2D eigenvalue weighted by atomic mass is 16.4. The number of aliphatic imine (C=N–C) groups is 1. The number of aliphatic carboxylic acids is 3. The number of rotatable bonds is 36. The minimum atomic E-state index is -1.63. The maximum absolute atomic E-state index is 14.5. The molecule has 2 aromatic rings. The van der Waals surface area contributed by atoms with Gasteiger partial charge >= 0.3 is 17.9 Å². The van der Waals surface area contributed by atoms with Crippen LogP contribution in [-0.4, -0.2) is 170 Å². The summed E-state index contributed by atoms with van der Waals surface area (Å²) in [6.45, 7) is 0.657. The average molecular weight is 1070 g/mol. The van der Waals surface area contributed by atoms with Gasteiger partial charge in [-0.2, -0.15) is 0 Å². The third-order valence-corrected chi connectivity index (χ3v) is 12.4. The molecule has 1 aromatic heterocycles. The fraction of sp³-hybridized carbons (Fsp3) is 0.583. The number of nitrogens with two attached hydrogens (primary N) is 5. The first-order chi connectivity index (χ1) is 36.2. The smallest absolute Gasteiger partial charge is 0.326 e. The molecule has 420 valence electrons. The molecule has 0 spiro atoms. The molecule has 7 amide bonds. The summed E-state index contributed by atoms with van der Waals surface area (Å²) in [4.78, 5) is 145. The Morgan fingerprint density at radius 3 is 1.64 bits per heavy atom. The van der Waals surface area contributed by atoms with Crippen LogP contribution in [0, 0.1) is 0 Å². The number of amides is 7. The molecule has 28 heteroatoms. The van der Waals surface area contributed by atoms with Gasteiger partial charge in [-0.3, -0.25) is 48.1 Å². The van der Waals surface area contributed by atoms with E-state index in [0.29, 0.717) is 43.4 Å². The number of benzene rings is 1. The van der Waals surface area contributed by atoms with Crippen LogP contribution < -0.4 is 60.6 Å². The Morgan fingerprint density at radius 2 is 1.14 bits per heavy atom. The van der Waals surface area contributed by atoms with Crippen LogP contribution in [0.25, 0.3) is 0 Å². The predicted octanol–water partition coefficient (Wildman–Crippen LogP) is -3.45. The van der Waals surface area contributed by atoms with Gasteiger partial charge in [0.1, 0.15) is 42.3 Å². The second kappa shape index (κ2) is 33.3. The van der Waals surface area contributed by atoms with Crippen molar-refractivity contribution in [2.45, 2.75) is 151 Å². The van der Waals surface area contributed by atoms with Crippen molar-refractivity contribution >= 4 is 65.2 Å². The monoisotopic (exact) mass is 1070 g/mol. The lowest BCUT2D eigenvalue weighted by atomic mass is 10.0. The third-order valence-electron chi connectivity index (χ3n) is 12.4. The number of aromatic amines is 1. The predicted molar refractivity (Wildman–Crippen MR) is 274 cm³/mol. The molecule has 3 rings (SSSR count). The van der Waals surface area contributed by atoms with E-state index in [9.17, 15) is 53.1 Å². The van der Waals surface area contributed by atoms with Crippen LogP contribution >= 0.6 is 0 Å². The molecule has 1 aliphatic rings. The Bertz CT molecular complexity index is 2270. The zero-order valence-electron chi connectivity index (χ0n) is 42.5. The molecule has 0 aliphatic carbocycles. The zero-order chi connectivity index (χ0) is 56.2. The molecule has 1 saturated heterocycles. The van der Waals surface area contributed by atoms with Crippen LogP contribution in [0.2, 0.25) is 0 Å². The van der Waals surface area contributed by atoms with E-state index in [0.717, 1.165) is 0 Å². The van der Waals surface area contributed by atoms with Gasteiger partial charge < -0.3 is 85.8 Å². The third kappa shape index (κ3) is 22.4. The Morgan fingerprint density at radius 1 is 0.645 bits per heavy atom. The van der Waals surface area contributed by atoms with Crippen molar-refractivity contribution in [3.05, 3.63) is 54.1 Å². The lowest BCUT2D eigenvalue weighted by molar-refractivity contribution is -0.143. The number of aromatic nitrogens is 2. The molecule has 2 heterocycles. The molecule has 0 saturated carbocycles. The van der Waals surface area contributed by atoms with Gasteiger partial charge in [0.05, 0.1) is 12.4 Å². The van der Waals surface area contributed by atoms with Crippen molar-refractivity contribution in [2.75, 3.05) is 26.2 Å². The van der Waals surface area contributed by atoms with Gasteiger partial charge in [-0.25, -0.2) is 9.78 Å². The number of nitrogens with zero attached hydrogens (tertiary/aromatic N) is 3. The maximum atomic E-state index is 14.5. The number of hydrogen-bond acceptors (Lipinski definition) is 15. The van der Waals surface area contributed by atoms with E-state index in [2.05, 4.69) is 46.9 Å². The summed E-state index contributed by atoms with van der Waals surface area (Å²) >= 11 is 0. The van der Waals surface area contributed by atoms with Crippen molar-refractivity contribution in [3.63, 3.8) is 0 Å². The lowest BCUT2D eigenvalue weighted by Crippen LogP contribution is -2.60. The quantitative estimate of drug-likeness (QED) is 0.0179. The number of carbonyl (C=O) groups excluding carboxylic acids is 7. The fourth-order valence-electron chi connectivity index (χ4n) is 8.25. The van der Waals surface area contributed by atoms with Gasteiger partial charge in [0, 0.05) is 50.7 Å². The second-order valence-corrected chi connectivity index (χ2v) is 18.4. The number of H-pyrrole nitrogens is 1. The summed E-state index contributed by atoms with van der Waals surface area (Å²) in [6, 6.07) is -2.12. The Hall–Kier alpha value is -7.72. The van der Waals surface area contributed by atoms with Crippen molar-refractivity contribution in [1.82, 2.24) is 46.8 Å². The van der Waals surface area contributed by atoms with Crippen molar-refractivity contribution < 1.29 is 63.3 Å². The van der Waals surface area contributed by atoms with Crippen LogP contribution in [0.4, 0.5) is 0 Å². The van der Waals surface area contributed by atoms with Gasteiger partial charge in [0.25, 0.3) is 0 Å². The van der Waals surface area contributed by atoms with Crippen LogP contribution in [0.1, 0.15) is 101 Å². The van der Waals surface area contributed by atoms with E-state index < -0.39 is 120 Å². The number of carboxylic acids is 3. The van der Waals surface area contributed by atoms with Gasteiger partial charge in [0.15, 0.2) is 5.96 Å². The van der Waals surface area contributed by atoms with E-state index >= 15 is 0 Å². The number of hydrogen-bond donors (Lipinski definition) is 15. The highest BCUT2D eigenvalue weighted by Crippen LogP contribution is 2.20. The molecule has 0 unspecified atom stereocenters. The number of nitrogens with one attached hydrogen (secondary N) is 7. The van der Waals surface area contributed by atoms with Crippen LogP contribution in [0.5, 0.6) is 0 Å². The van der Waals surface area contributed by atoms with Gasteiger partial charge in [-0.1, -0.05) is 30.3 Å². The van der Waals surface area contributed by atoms with E-state index in [1.165, 1.54) is 17.4 Å². The molecular formula is C48H75N15O13. The Labute approximate surface area is 439 Å². The number of carboxylic acid groups (broad SMARTS) is 3. The molecule has 1 aromatic carbocycles. The molecule has 1 aliphatic heterocycles. The number of imidazole rings is 1. The first kappa shape index (κ1) is 62.6. The largest absolute Gasteiger partial charge is 0.481 e. The summed E-state index contributed by atoms with van der Waals surface area (Å²) in [7, 11) is 0. The van der Waals surface area contributed by atoms with E-state index in [-0.39, 0.29) is 89.9 Å². The summed E-state index contributed by atoms with van der Waals surface area (Å²) in [6.07, 6.45) is 3.16. The standard InChI is InChI=1S/C48H75N15O13/c49-20-6-4-12-31(40(68)57-33(14-8-22-55-48(52)53)41(69)60-34(47(75)76)17-19-39(66)67)58-43(71)35(24-28-10-2-1-3-11-28)61-42(70)32(13-5-7-21-50)59-44(72)36(25-29-26-54-27-56-29)62-45(73)37-15-9-23-63(37)46(74)30(51)16-18-38(64)65/h1-3,10-11,26-27,30-37H,4-9,12-25,49-51H2,(H,54,56)(H,57,68)(H,58,71)(H,59,72)(H,60,69)(H,61,70)(H,62,73)(H,64,65)(H,66,67)(H,75,76)(H4,52,53,55)/t30-,31-,32-,33-,34-,35-,36-,37-/m0/s1. The molecule has 20 N–H and O–H groups in total. The average Bonchev–Trinajstić information content (AvgIpc) is 4.10. The molecule has 76 heavy (non-hydrogen) atoms. The van der Waals surface area contributed by atoms with Crippen LogP contribution in [-0.2, 0) is 60.8 Å². The Kier molecular flexibility index (Phi) is 27.4. The summed E-state index contributed by atoms with van der Waals surface area (Å²) < 4.78 is 0. The van der Waals surface area contributed by atoms with E-state index in [1.807, 2.05) is 0 Å². The second-order valence-electron chi connectivity index (χ2n) is 18.4. The minimum Gasteiger partial charge on any atom is -0.481 e. The minimum absolute atomic E-state index is 0.00893. The summed E-state index contributed by atoms with van der Waals surface area (Å²) in [5, 5.41) is 43.7. The highest BCUT2D eigenvalue weighted by Gasteiger charge is 2.39. The van der Waals surface area contributed by atoms with Gasteiger partial charge in [-0.05, 0) is 95.7 Å². The SMILES string of the molecule is NCCCC[C@H](NC(=O)[C@H](Cc1ccccc1)NC(=O)[C@H](CCCCN)NC(=O)[C@H](Cc1cnc[nH]1)NC(=O)[C@@H]1CCCN1C(=O)[C@@H](N)CCC(=O)O)C(=O)N[C@@H](CCCN=C(N)N)C(=O)N[C@@H](CCC(=O)O)C(=O)O. The molecule has 0 radical (unpaired) electrons. The molecule has 0 bridgehead atoms. The van der Waals surface area contributed by atoms with Crippen LogP contribution in [0.15, 0.2) is 47.8 Å². The van der Waals surface area contributed by atoms with Gasteiger partial charge in [0.2, 0.25) is 41.4 Å². The maximum Gasteiger partial charge on any atom is 0.326 e. The Balaban J connectivity index is 1.94. The number of guanidine groups is 1. The summed E-state index contributed by atoms with van der Waals surface area (Å²) in [5.74, 6) is -9.79. The molecule has 8 atom stereocenters. The first-order valence-electron chi connectivity index (χ1n) is 25.3. The molecule has 28 nitrogen and oxygen atoms in total. The molecule has 1 fully saturated rings. The number of unbranched alkanes of at least 4 members (excludes halogenated alkanes) is 2. The molecular weight excluding hydrogens is 995 g/mol. The van der Waals surface area contributed by atoms with Crippen LogP contribution in [0.3, 0.4) is 0 Å². The number of likely N-dealkylation sites (tertiary alicyclic amines) is 1. The van der Waals surface area contributed by atoms with E-state index in [1.54, 1.807) is 30.3 Å². The highest BCUT2D eigenvalue weighted by molar-refractivity contribution is 5.98.